The fourth-order valence-electron chi connectivity index (χ4n) is 1.44. The van der Waals surface area contributed by atoms with Crippen molar-refractivity contribution in [3.8, 4) is 0 Å². The van der Waals surface area contributed by atoms with E-state index in [4.69, 9.17) is 0 Å². The molecule has 0 saturated heterocycles. The minimum atomic E-state index is -0.106. The Bertz CT molecular complexity index is 378. The van der Waals surface area contributed by atoms with Crippen LogP contribution >= 0.6 is 0 Å². The van der Waals surface area contributed by atoms with E-state index < -0.39 is 0 Å². The number of carbonyl (C=O) groups excluding carboxylic acids is 2. The second-order valence-corrected chi connectivity index (χ2v) is 2.99. The number of nitrogens with zero attached hydrogens (tertiary/aromatic N) is 2. The smallest absolute Gasteiger partial charge is 0.243 e. The average Bonchev–Trinajstić information content (AvgIpc) is 2.18. The van der Waals surface area contributed by atoms with Gasteiger partial charge in [0.05, 0.1) is 30.7 Å². The lowest BCUT2D eigenvalue weighted by Crippen LogP contribution is -2.39. The summed E-state index contributed by atoms with van der Waals surface area (Å²) >= 11 is 0. The van der Waals surface area contributed by atoms with Crippen LogP contribution in [0.2, 0.25) is 0 Å². The maximum Gasteiger partial charge on any atom is 0.243 e. The molecule has 1 aromatic heterocycles. The number of aromatic nitrogens is 1. The topological polar surface area (TPSA) is 62.3 Å². The second-order valence-electron chi connectivity index (χ2n) is 2.99. The van der Waals surface area contributed by atoms with Crippen molar-refractivity contribution in [1.29, 1.82) is 0 Å². The van der Waals surface area contributed by atoms with Crippen molar-refractivity contribution < 1.29 is 9.59 Å². The number of nitrogens with one attached hydrogen (secondary N) is 1. The summed E-state index contributed by atoms with van der Waals surface area (Å²) in [5.74, 6) is -0.106. The number of anilines is 2. The summed E-state index contributed by atoms with van der Waals surface area (Å²) in [7, 11) is 0. The molecule has 2 heterocycles. The van der Waals surface area contributed by atoms with Crippen molar-refractivity contribution in [3.05, 3.63) is 18.5 Å². The van der Waals surface area contributed by atoms with Crippen molar-refractivity contribution in [2.75, 3.05) is 23.3 Å². The van der Waals surface area contributed by atoms with E-state index in [1.54, 1.807) is 23.4 Å². The van der Waals surface area contributed by atoms with Crippen molar-refractivity contribution in [2.24, 2.45) is 0 Å². The van der Waals surface area contributed by atoms with E-state index in [2.05, 4.69) is 10.3 Å². The molecule has 0 radical (unpaired) electrons. The maximum atomic E-state index is 11.2. The van der Waals surface area contributed by atoms with Crippen LogP contribution in [-0.2, 0) is 9.59 Å². The molecule has 0 aromatic carbocycles. The molecule has 72 valence electrons. The molecule has 14 heavy (non-hydrogen) atoms. The molecule has 1 aromatic rings. The molecule has 0 atom stereocenters. The molecule has 5 heteroatoms. The number of hydrogen-bond acceptors (Lipinski definition) is 4. The molecule has 1 aliphatic heterocycles. The zero-order valence-corrected chi connectivity index (χ0v) is 7.43. The van der Waals surface area contributed by atoms with Gasteiger partial charge in [-0.15, -0.1) is 0 Å². The van der Waals surface area contributed by atoms with Gasteiger partial charge in [0.15, 0.2) is 0 Å². The molecule has 1 N–H and O–H groups in total. The SMILES string of the molecule is O=CCN1CC(=O)Nc2ccncc21. The monoisotopic (exact) mass is 191 g/mol. The quantitative estimate of drug-likeness (QED) is 0.670. The molecule has 0 spiro atoms. The zero-order valence-electron chi connectivity index (χ0n) is 7.43. The number of carbonyl (C=O) groups is 2. The largest absolute Gasteiger partial charge is 0.352 e. The molecule has 0 saturated carbocycles. The Morgan fingerprint density at radius 1 is 1.64 bits per heavy atom. The lowest BCUT2D eigenvalue weighted by molar-refractivity contribution is -0.115. The third-order valence-electron chi connectivity index (χ3n) is 2.04. The van der Waals surface area contributed by atoms with Crippen molar-refractivity contribution in [2.45, 2.75) is 0 Å². The van der Waals surface area contributed by atoms with Gasteiger partial charge in [0, 0.05) is 6.20 Å². The van der Waals surface area contributed by atoms with Gasteiger partial charge in [0.2, 0.25) is 5.91 Å². The summed E-state index contributed by atoms with van der Waals surface area (Å²) in [5.41, 5.74) is 1.50. The molecular weight excluding hydrogens is 182 g/mol. The van der Waals surface area contributed by atoms with Crippen LogP contribution in [0, 0.1) is 0 Å². The fourth-order valence-corrected chi connectivity index (χ4v) is 1.44. The Balaban J connectivity index is 2.37. The van der Waals surface area contributed by atoms with Crippen molar-refractivity contribution in [3.63, 3.8) is 0 Å². The molecule has 0 aliphatic carbocycles. The standard InChI is InChI=1S/C9H9N3O2/c13-4-3-12-6-9(14)11-7-1-2-10-5-8(7)12/h1-2,4-5H,3,6H2,(H,11,14). The lowest BCUT2D eigenvalue weighted by atomic mass is 10.2. The van der Waals surface area contributed by atoms with Crippen LogP contribution in [-0.4, -0.2) is 30.3 Å². The first kappa shape index (κ1) is 8.68. The van der Waals surface area contributed by atoms with Gasteiger partial charge in [-0.3, -0.25) is 9.78 Å². The first-order chi connectivity index (χ1) is 6.81. The lowest BCUT2D eigenvalue weighted by Gasteiger charge is -2.28. The molecule has 5 nitrogen and oxygen atoms in total. The van der Waals surface area contributed by atoms with Crippen molar-refractivity contribution >= 4 is 23.6 Å². The minimum absolute atomic E-state index is 0.106. The van der Waals surface area contributed by atoms with E-state index in [1.807, 2.05) is 0 Å². The van der Waals surface area contributed by atoms with Gasteiger partial charge in [-0.05, 0) is 6.07 Å². The number of hydrogen-bond donors (Lipinski definition) is 1. The van der Waals surface area contributed by atoms with Gasteiger partial charge in [-0.2, -0.15) is 0 Å². The molecule has 0 bridgehead atoms. The maximum absolute atomic E-state index is 11.2. The van der Waals surface area contributed by atoms with Gasteiger partial charge in [0.25, 0.3) is 0 Å². The molecule has 0 fully saturated rings. The summed E-state index contributed by atoms with van der Waals surface area (Å²) < 4.78 is 0. The third kappa shape index (κ3) is 1.44. The minimum Gasteiger partial charge on any atom is -0.352 e. The number of pyridine rings is 1. The Kier molecular flexibility index (Phi) is 2.14. The number of aldehydes is 1. The highest BCUT2D eigenvalue weighted by atomic mass is 16.2. The highest BCUT2D eigenvalue weighted by molar-refractivity contribution is 6.01. The van der Waals surface area contributed by atoms with E-state index in [0.717, 1.165) is 12.0 Å². The van der Waals surface area contributed by atoms with Crippen LogP contribution in [0.1, 0.15) is 0 Å². The first-order valence-corrected chi connectivity index (χ1v) is 4.23. The van der Waals surface area contributed by atoms with Crippen LogP contribution in [0.5, 0.6) is 0 Å². The second kappa shape index (κ2) is 3.45. The van der Waals surface area contributed by atoms with Crippen LogP contribution in [0.25, 0.3) is 0 Å². The van der Waals surface area contributed by atoms with Crippen LogP contribution in [0.15, 0.2) is 18.5 Å². The molecule has 0 unspecified atom stereocenters. The van der Waals surface area contributed by atoms with Gasteiger partial charge < -0.3 is 15.0 Å². The van der Waals surface area contributed by atoms with E-state index in [-0.39, 0.29) is 19.0 Å². The van der Waals surface area contributed by atoms with Gasteiger partial charge >= 0.3 is 0 Å². The highest BCUT2D eigenvalue weighted by Gasteiger charge is 2.20. The van der Waals surface area contributed by atoms with E-state index in [0.29, 0.717) is 5.69 Å². The molecule has 1 amide bonds. The number of amides is 1. The first-order valence-electron chi connectivity index (χ1n) is 4.23. The fraction of sp³-hybridized carbons (Fsp3) is 0.222. The Hall–Kier alpha value is -1.91. The molecule has 1 aliphatic rings. The van der Waals surface area contributed by atoms with E-state index >= 15 is 0 Å². The summed E-state index contributed by atoms with van der Waals surface area (Å²) in [6.45, 7) is 0.420. The van der Waals surface area contributed by atoms with Crippen LogP contribution in [0.4, 0.5) is 11.4 Å². The zero-order chi connectivity index (χ0) is 9.97. The normalized spacial score (nSPS) is 14.6. The third-order valence-corrected chi connectivity index (χ3v) is 2.04. The van der Waals surface area contributed by atoms with E-state index in [1.165, 1.54) is 0 Å². The predicted octanol–water partition coefficient (Wildman–Crippen LogP) is 0.0390. The average molecular weight is 191 g/mol. The van der Waals surface area contributed by atoms with Gasteiger partial charge in [-0.25, -0.2) is 0 Å². The van der Waals surface area contributed by atoms with Gasteiger partial charge in [-0.1, -0.05) is 0 Å². The highest BCUT2D eigenvalue weighted by Crippen LogP contribution is 2.26. The molecular formula is C9H9N3O2. The van der Waals surface area contributed by atoms with Crippen molar-refractivity contribution in [1.82, 2.24) is 4.98 Å². The summed E-state index contributed by atoms with van der Waals surface area (Å²) in [6.07, 6.45) is 4.01. The Labute approximate surface area is 80.7 Å². The molecule has 2 rings (SSSR count). The van der Waals surface area contributed by atoms with E-state index in [9.17, 15) is 9.59 Å². The Morgan fingerprint density at radius 3 is 3.29 bits per heavy atom. The summed E-state index contributed by atoms with van der Waals surface area (Å²) in [4.78, 5) is 27.3. The predicted molar refractivity (Wildman–Crippen MR) is 51.1 cm³/mol. The van der Waals surface area contributed by atoms with Gasteiger partial charge in [0.1, 0.15) is 6.29 Å². The Morgan fingerprint density at radius 2 is 2.50 bits per heavy atom. The summed E-state index contributed by atoms with van der Waals surface area (Å²) in [5, 5.41) is 2.71. The number of rotatable bonds is 2. The summed E-state index contributed by atoms with van der Waals surface area (Å²) in [6, 6.07) is 1.71. The van der Waals surface area contributed by atoms with Crippen LogP contribution < -0.4 is 10.2 Å². The number of fused-ring (bicyclic) bond motifs is 1. The van der Waals surface area contributed by atoms with Crippen LogP contribution in [0.3, 0.4) is 0 Å².